The van der Waals surface area contributed by atoms with E-state index in [1.165, 1.54) is 256 Å². The Bertz CT molecular complexity index is 508. The van der Waals surface area contributed by atoms with E-state index < -0.39 is 0 Å². The third kappa shape index (κ3) is 40.4. The smallest absolute Gasteiger partial charge is 0.0784 e. The van der Waals surface area contributed by atoms with E-state index in [2.05, 4.69) is 48.6 Å². The molecule has 0 saturated heterocycles. The minimum atomic E-state index is 1.35. The fraction of sp³-hybridized carbons (Fsp3) is 1.00. The molecule has 0 unspecified atom stereocenters. The predicted molar refractivity (Wildman–Crippen MR) is 223 cm³/mol. The lowest BCUT2D eigenvalue weighted by Gasteiger charge is -2.35. The fourth-order valence-electron chi connectivity index (χ4n) is 7.47. The monoisotopic (exact) mass is 681 g/mol. The van der Waals surface area contributed by atoms with Crippen LogP contribution in [0.25, 0.3) is 0 Å². The van der Waals surface area contributed by atoms with Crippen molar-refractivity contribution in [2.24, 2.45) is 0 Å². The van der Waals surface area contributed by atoms with Gasteiger partial charge in [0, 0.05) is 0 Å². The van der Waals surface area contributed by atoms with Crippen molar-refractivity contribution in [2.75, 3.05) is 46.3 Å². The van der Waals surface area contributed by atoms with Gasteiger partial charge in [-0.05, 0) is 70.6 Å². The zero-order valence-electron chi connectivity index (χ0n) is 35.5. The first-order valence-electron chi connectivity index (χ1n) is 23.2. The molecule has 1 N–H and O–H groups in total. The lowest BCUT2D eigenvalue weighted by atomic mass is 10.1. The Morgan fingerprint density at radius 1 is 0.250 bits per heavy atom. The largest absolute Gasteiger partial charge is 0.335 e. The predicted octanol–water partition coefficient (Wildman–Crippen LogP) is 14.3. The molecule has 0 aromatic heterocycles. The molecule has 0 amide bonds. The highest BCUT2D eigenvalue weighted by Crippen LogP contribution is 2.15. The van der Waals surface area contributed by atoms with Gasteiger partial charge in [-0.2, -0.15) is 0 Å². The molecule has 0 aliphatic heterocycles. The van der Waals surface area contributed by atoms with Crippen molar-refractivity contribution in [3.05, 3.63) is 0 Å². The average molecular weight is 681 g/mol. The highest BCUT2D eigenvalue weighted by Gasteiger charge is 2.20. The Balaban J connectivity index is 0. The first-order chi connectivity index (χ1) is 23.5. The minimum absolute atomic E-state index is 1.35. The summed E-state index contributed by atoms with van der Waals surface area (Å²) < 4.78 is 1.35. The van der Waals surface area contributed by atoms with E-state index in [4.69, 9.17) is 0 Å². The van der Waals surface area contributed by atoms with Crippen LogP contribution in [0.5, 0.6) is 0 Å². The Kier molecular flexibility index (Phi) is 44.9. The van der Waals surface area contributed by atoms with Gasteiger partial charge in [-0.1, -0.05) is 183 Å². The molecule has 0 aliphatic carbocycles. The maximum Gasteiger partial charge on any atom is 0.0784 e. The van der Waals surface area contributed by atoms with Gasteiger partial charge < -0.3 is 9.38 Å². The van der Waals surface area contributed by atoms with Crippen LogP contribution in [0.2, 0.25) is 0 Å². The molecular weight excluding hydrogens is 581 g/mol. The molecule has 2 nitrogen and oxygen atoms in total. The Morgan fingerprint density at radius 2 is 0.438 bits per heavy atom. The van der Waals surface area contributed by atoms with Crippen molar-refractivity contribution in [3.63, 3.8) is 0 Å². The van der Waals surface area contributed by atoms with Crippen molar-refractivity contribution in [2.45, 2.75) is 253 Å². The van der Waals surface area contributed by atoms with Crippen LogP contribution in [0, 0.1) is 0 Å². The van der Waals surface area contributed by atoms with Gasteiger partial charge in [-0.3, -0.25) is 0 Å². The zero-order valence-corrected chi connectivity index (χ0v) is 35.5. The van der Waals surface area contributed by atoms with E-state index in [-0.39, 0.29) is 0 Å². The van der Waals surface area contributed by atoms with Crippen LogP contribution in [-0.2, 0) is 0 Å². The molecule has 0 atom stereocenters. The second-order valence-electron chi connectivity index (χ2n) is 16.3. The molecule has 0 saturated carbocycles. The van der Waals surface area contributed by atoms with Crippen LogP contribution in [0.4, 0.5) is 0 Å². The van der Waals surface area contributed by atoms with Crippen molar-refractivity contribution in [1.29, 1.82) is 0 Å². The summed E-state index contributed by atoms with van der Waals surface area (Å²) >= 11 is 0. The van der Waals surface area contributed by atoms with Gasteiger partial charge in [0.2, 0.25) is 0 Å². The van der Waals surface area contributed by atoms with Gasteiger partial charge in [-0.25, -0.2) is 0 Å². The summed E-state index contributed by atoms with van der Waals surface area (Å²) in [4.78, 5) is 1.93. The molecule has 0 aromatic carbocycles. The SMILES string of the molecule is CCCCCCCC.CCCCCCCC[NH+](CCCCCCCC)CCCCC[N+](C)(CCCCCCCC)CCCCCCCC. The number of nitrogens with zero attached hydrogens (tertiary/aromatic N) is 1. The van der Waals surface area contributed by atoms with Crippen molar-refractivity contribution in [1.82, 2.24) is 0 Å². The quantitative estimate of drug-likeness (QED) is 0.0487. The summed E-state index contributed by atoms with van der Waals surface area (Å²) in [6.45, 7) is 22.4. The van der Waals surface area contributed by atoms with Gasteiger partial charge >= 0.3 is 0 Å². The zero-order chi connectivity index (χ0) is 35.7. The molecule has 292 valence electrons. The van der Waals surface area contributed by atoms with Crippen molar-refractivity contribution < 1.29 is 9.38 Å². The number of rotatable bonds is 39. The summed E-state index contributed by atoms with van der Waals surface area (Å²) in [7, 11) is 2.60. The normalized spacial score (nSPS) is 11.8. The third-order valence-electron chi connectivity index (χ3n) is 11.1. The first-order valence-corrected chi connectivity index (χ1v) is 23.2. The second-order valence-corrected chi connectivity index (χ2v) is 16.3. The van der Waals surface area contributed by atoms with Gasteiger partial charge in [0.15, 0.2) is 0 Å². The van der Waals surface area contributed by atoms with Gasteiger partial charge in [0.25, 0.3) is 0 Å². The Morgan fingerprint density at radius 3 is 0.688 bits per heavy atom. The lowest BCUT2D eigenvalue weighted by Crippen LogP contribution is -3.12. The number of nitrogens with one attached hydrogen (secondary N) is 1. The van der Waals surface area contributed by atoms with Crippen LogP contribution in [-0.4, -0.2) is 50.8 Å². The molecule has 0 rings (SSSR count). The molecule has 0 aromatic rings. The summed E-state index contributed by atoms with van der Waals surface area (Å²) in [5.41, 5.74) is 0. The molecule has 0 fully saturated rings. The number of quaternary nitrogens is 2. The fourth-order valence-corrected chi connectivity index (χ4v) is 7.47. The first kappa shape index (κ1) is 50.0. The van der Waals surface area contributed by atoms with E-state index in [0.717, 1.165) is 0 Å². The van der Waals surface area contributed by atoms with E-state index in [1.54, 1.807) is 0 Å². The Labute approximate surface area is 308 Å². The van der Waals surface area contributed by atoms with Crippen LogP contribution >= 0.6 is 0 Å². The van der Waals surface area contributed by atoms with Gasteiger partial charge in [-0.15, -0.1) is 0 Å². The summed E-state index contributed by atoms with van der Waals surface area (Å²) in [5.74, 6) is 0. The molecule has 48 heavy (non-hydrogen) atoms. The molecular formula is C46H100N2+2. The van der Waals surface area contributed by atoms with E-state index in [9.17, 15) is 0 Å². The Hall–Kier alpha value is -0.0800. The van der Waals surface area contributed by atoms with Crippen LogP contribution in [0.3, 0.4) is 0 Å². The molecule has 0 bridgehead atoms. The van der Waals surface area contributed by atoms with Gasteiger partial charge in [0.05, 0.1) is 46.3 Å². The van der Waals surface area contributed by atoms with Crippen LogP contribution in [0.1, 0.15) is 253 Å². The van der Waals surface area contributed by atoms with Crippen molar-refractivity contribution in [3.8, 4) is 0 Å². The van der Waals surface area contributed by atoms with Crippen molar-refractivity contribution >= 4 is 0 Å². The highest BCUT2D eigenvalue weighted by atomic mass is 15.3. The standard InChI is InChI=1S/C38H81N2.C8H18/c1-6-10-14-18-22-27-33-39(34-28-23-19-15-11-7-2)35-29-26-32-38-40(5,36-30-24-20-16-12-8-3)37-31-25-21-17-13-9-4;1-3-5-7-8-6-4-2/h6-38H2,1-5H3;3-8H2,1-2H3/q+1;/p+1. The number of hydrogen-bond donors (Lipinski definition) is 1. The maximum absolute atomic E-state index is 2.60. The van der Waals surface area contributed by atoms with Crippen LogP contribution in [0.15, 0.2) is 0 Å². The van der Waals surface area contributed by atoms with E-state index in [1.807, 2.05) is 4.90 Å². The second kappa shape index (κ2) is 43.1. The average Bonchev–Trinajstić information content (AvgIpc) is 3.09. The number of hydrogen-bond acceptors (Lipinski definition) is 0. The molecule has 0 heterocycles. The molecule has 0 aliphatic rings. The van der Waals surface area contributed by atoms with E-state index >= 15 is 0 Å². The molecule has 0 radical (unpaired) electrons. The summed E-state index contributed by atoms with van der Waals surface area (Å²) in [6, 6.07) is 0. The van der Waals surface area contributed by atoms with Gasteiger partial charge in [0.1, 0.15) is 0 Å². The highest BCUT2D eigenvalue weighted by molar-refractivity contribution is 4.52. The third-order valence-corrected chi connectivity index (χ3v) is 11.1. The lowest BCUT2D eigenvalue weighted by molar-refractivity contribution is -0.910. The molecule has 0 spiro atoms. The number of unbranched alkanes of at least 4 members (excludes halogenated alkanes) is 27. The molecule has 2 heteroatoms. The minimum Gasteiger partial charge on any atom is -0.335 e. The summed E-state index contributed by atoms with van der Waals surface area (Å²) in [6.07, 6.45) is 47.4. The van der Waals surface area contributed by atoms with Crippen LogP contribution < -0.4 is 4.90 Å². The summed E-state index contributed by atoms with van der Waals surface area (Å²) in [5, 5.41) is 0. The maximum atomic E-state index is 2.60. The topological polar surface area (TPSA) is 4.44 Å². The van der Waals surface area contributed by atoms with E-state index in [0.29, 0.717) is 0 Å².